The van der Waals surface area contributed by atoms with Crippen molar-refractivity contribution in [3.63, 3.8) is 0 Å². The highest BCUT2D eigenvalue weighted by Gasteiger charge is 2.42. The Morgan fingerprint density at radius 1 is 1.10 bits per heavy atom. The predicted octanol–water partition coefficient (Wildman–Crippen LogP) is 4.92. The van der Waals surface area contributed by atoms with Crippen molar-refractivity contribution >= 4 is 5.91 Å². The molecular formula is C24H27N3O3. The molecule has 2 aromatic carbocycles. The third-order valence-electron chi connectivity index (χ3n) is 5.53. The minimum atomic E-state index is -0.256. The Morgan fingerprint density at radius 3 is 2.57 bits per heavy atom. The molecular weight excluding hydrogens is 378 g/mol. The average Bonchev–Trinajstić information content (AvgIpc) is 3.29. The number of rotatable bonds is 8. The van der Waals surface area contributed by atoms with Crippen molar-refractivity contribution in [2.24, 2.45) is 0 Å². The number of hydrogen-bond acceptors (Lipinski definition) is 4. The normalized spacial score (nSPS) is 15.5. The topological polar surface area (TPSA) is 78.5 Å². The van der Waals surface area contributed by atoms with E-state index in [-0.39, 0.29) is 17.7 Å². The Kier molecular flexibility index (Phi) is 5.74. The largest absolute Gasteiger partial charge is 0.507 e. The molecule has 0 radical (unpaired) electrons. The number of nitrogens with one attached hydrogen (secondary N) is 1. The van der Waals surface area contributed by atoms with E-state index in [1.807, 2.05) is 48.2 Å². The number of aromatic amines is 1. The van der Waals surface area contributed by atoms with Gasteiger partial charge in [-0.2, -0.15) is 5.10 Å². The molecule has 2 N–H and O–H groups in total. The number of para-hydroxylation sites is 1. The average molecular weight is 405 g/mol. The van der Waals surface area contributed by atoms with Crippen molar-refractivity contribution in [2.45, 2.75) is 39.2 Å². The second-order valence-electron chi connectivity index (χ2n) is 7.49. The molecule has 3 aromatic rings. The molecule has 4 rings (SSSR count). The summed E-state index contributed by atoms with van der Waals surface area (Å²) < 4.78 is 5.58. The Morgan fingerprint density at radius 2 is 1.87 bits per heavy atom. The second kappa shape index (κ2) is 8.61. The predicted molar refractivity (Wildman–Crippen MR) is 116 cm³/mol. The molecule has 1 aliphatic rings. The van der Waals surface area contributed by atoms with Gasteiger partial charge in [-0.1, -0.05) is 44.0 Å². The van der Waals surface area contributed by atoms with E-state index in [4.69, 9.17) is 4.74 Å². The highest BCUT2D eigenvalue weighted by Crippen LogP contribution is 2.44. The van der Waals surface area contributed by atoms with Crippen LogP contribution in [0, 0.1) is 0 Å². The number of benzene rings is 2. The third-order valence-corrected chi connectivity index (χ3v) is 5.53. The molecule has 6 nitrogen and oxygen atoms in total. The summed E-state index contributed by atoms with van der Waals surface area (Å²) in [4.78, 5) is 15.2. The molecule has 30 heavy (non-hydrogen) atoms. The van der Waals surface area contributed by atoms with Gasteiger partial charge in [-0.25, -0.2) is 0 Å². The lowest BCUT2D eigenvalue weighted by atomic mass is 9.95. The molecule has 156 valence electrons. The quantitative estimate of drug-likeness (QED) is 0.522. The highest BCUT2D eigenvalue weighted by molar-refractivity contribution is 6.00. The highest BCUT2D eigenvalue weighted by atomic mass is 16.5. The van der Waals surface area contributed by atoms with E-state index < -0.39 is 0 Å². The van der Waals surface area contributed by atoms with Crippen LogP contribution >= 0.6 is 0 Å². The van der Waals surface area contributed by atoms with Crippen LogP contribution in [0.3, 0.4) is 0 Å². The number of aromatic hydroxyl groups is 1. The monoisotopic (exact) mass is 405 g/mol. The zero-order valence-corrected chi connectivity index (χ0v) is 17.4. The fourth-order valence-electron chi connectivity index (χ4n) is 4.10. The molecule has 0 aliphatic carbocycles. The summed E-state index contributed by atoms with van der Waals surface area (Å²) >= 11 is 0. The maximum atomic E-state index is 13.2. The Labute approximate surface area is 176 Å². The fourth-order valence-corrected chi connectivity index (χ4v) is 4.10. The van der Waals surface area contributed by atoms with Gasteiger partial charge in [0.2, 0.25) is 0 Å². The molecule has 1 amide bonds. The number of unbranched alkanes of at least 4 members (excludes halogenated alkanes) is 2. The van der Waals surface area contributed by atoms with Crippen LogP contribution in [0.2, 0.25) is 0 Å². The van der Waals surface area contributed by atoms with Gasteiger partial charge in [-0.3, -0.25) is 9.89 Å². The summed E-state index contributed by atoms with van der Waals surface area (Å²) in [5.41, 5.74) is 3.56. The van der Waals surface area contributed by atoms with E-state index in [0.29, 0.717) is 30.1 Å². The first kappa shape index (κ1) is 20.0. The Balaban J connectivity index is 1.79. The van der Waals surface area contributed by atoms with Crippen molar-refractivity contribution in [2.75, 3.05) is 13.2 Å². The smallest absolute Gasteiger partial charge is 0.273 e. The molecule has 0 bridgehead atoms. The van der Waals surface area contributed by atoms with Crippen molar-refractivity contribution < 1.29 is 14.6 Å². The summed E-state index contributed by atoms with van der Waals surface area (Å²) in [6.45, 7) is 5.38. The zero-order chi connectivity index (χ0) is 21.1. The van der Waals surface area contributed by atoms with Gasteiger partial charge >= 0.3 is 0 Å². The van der Waals surface area contributed by atoms with Gasteiger partial charge in [0, 0.05) is 17.7 Å². The standard InChI is InChI=1S/C24H27N3O3/c1-3-5-8-15-27-23(16-11-13-17(14-12-16)30-4-2)20-21(25-26-22(20)24(27)29)18-9-6-7-10-19(18)28/h6-7,9-14,23,28H,3-5,8,15H2,1-2H3,(H,25,26). The molecule has 2 heterocycles. The van der Waals surface area contributed by atoms with Crippen molar-refractivity contribution in [3.8, 4) is 22.8 Å². The van der Waals surface area contributed by atoms with E-state index in [1.54, 1.807) is 12.1 Å². The van der Waals surface area contributed by atoms with Crippen molar-refractivity contribution in [3.05, 3.63) is 65.4 Å². The molecule has 1 aromatic heterocycles. The van der Waals surface area contributed by atoms with E-state index in [1.165, 1.54) is 0 Å². The number of nitrogens with zero attached hydrogens (tertiary/aromatic N) is 2. The van der Waals surface area contributed by atoms with Crippen LogP contribution in [0.25, 0.3) is 11.3 Å². The van der Waals surface area contributed by atoms with Gasteiger partial charge < -0.3 is 14.7 Å². The number of fused-ring (bicyclic) bond motifs is 1. The molecule has 1 aliphatic heterocycles. The van der Waals surface area contributed by atoms with Crippen LogP contribution in [0.1, 0.15) is 60.8 Å². The number of aromatic nitrogens is 2. The van der Waals surface area contributed by atoms with E-state index in [2.05, 4.69) is 17.1 Å². The van der Waals surface area contributed by atoms with Gasteiger partial charge in [0.25, 0.3) is 5.91 Å². The summed E-state index contributed by atoms with van der Waals surface area (Å²) in [5, 5.41) is 17.8. The Hall–Kier alpha value is -3.28. The number of carbonyl (C=O) groups excluding carboxylic acids is 1. The lowest BCUT2D eigenvalue weighted by molar-refractivity contribution is 0.0740. The SMILES string of the molecule is CCCCCN1C(=O)c2[nH]nc(-c3ccccc3O)c2C1c1ccc(OCC)cc1. The van der Waals surface area contributed by atoms with Gasteiger partial charge in [0.15, 0.2) is 0 Å². The first-order chi connectivity index (χ1) is 14.7. The number of amides is 1. The van der Waals surface area contributed by atoms with Crippen LogP contribution in [0.5, 0.6) is 11.5 Å². The first-order valence-corrected chi connectivity index (χ1v) is 10.6. The summed E-state index contributed by atoms with van der Waals surface area (Å²) in [6, 6.07) is 14.7. The number of phenolic OH excluding ortho intramolecular Hbond substituents is 1. The van der Waals surface area contributed by atoms with Gasteiger partial charge in [0.05, 0.1) is 12.6 Å². The number of ether oxygens (including phenoxy) is 1. The number of carbonyl (C=O) groups is 1. The first-order valence-electron chi connectivity index (χ1n) is 10.6. The van der Waals surface area contributed by atoms with E-state index >= 15 is 0 Å². The molecule has 1 atom stereocenters. The molecule has 0 spiro atoms. The van der Waals surface area contributed by atoms with Gasteiger partial charge in [-0.15, -0.1) is 0 Å². The Bertz CT molecular complexity index is 1030. The van der Waals surface area contributed by atoms with Crippen LogP contribution in [-0.4, -0.2) is 39.3 Å². The number of hydrogen-bond donors (Lipinski definition) is 2. The zero-order valence-electron chi connectivity index (χ0n) is 17.4. The van der Waals surface area contributed by atoms with Crippen molar-refractivity contribution in [1.82, 2.24) is 15.1 Å². The molecule has 0 fully saturated rings. The number of H-pyrrole nitrogens is 1. The minimum Gasteiger partial charge on any atom is -0.507 e. The summed E-state index contributed by atoms with van der Waals surface area (Å²) in [6.07, 6.45) is 3.10. The lowest BCUT2D eigenvalue weighted by Gasteiger charge is -2.26. The lowest BCUT2D eigenvalue weighted by Crippen LogP contribution is -2.30. The van der Waals surface area contributed by atoms with E-state index in [0.717, 1.165) is 36.1 Å². The molecule has 0 saturated carbocycles. The maximum absolute atomic E-state index is 13.2. The van der Waals surface area contributed by atoms with Gasteiger partial charge in [-0.05, 0) is 43.2 Å². The minimum absolute atomic E-state index is 0.0471. The maximum Gasteiger partial charge on any atom is 0.273 e. The van der Waals surface area contributed by atoms with E-state index in [9.17, 15) is 9.90 Å². The van der Waals surface area contributed by atoms with Gasteiger partial charge in [0.1, 0.15) is 22.9 Å². The molecule has 1 unspecified atom stereocenters. The second-order valence-corrected chi connectivity index (χ2v) is 7.49. The van der Waals surface area contributed by atoms with Crippen LogP contribution in [-0.2, 0) is 0 Å². The summed E-state index contributed by atoms with van der Waals surface area (Å²) in [5.74, 6) is 0.903. The molecule has 0 saturated heterocycles. The van der Waals surface area contributed by atoms with Crippen LogP contribution in [0.15, 0.2) is 48.5 Å². The summed E-state index contributed by atoms with van der Waals surface area (Å²) in [7, 11) is 0. The van der Waals surface area contributed by atoms with Crippen LogP contribution in [0.4, 0.5) is 0 Å². The molecule has 6 heteroatoms. The third kappa shape index (κ3) is 3.54. The van der Waals surface area contributed by atoms with Crippen molar-refractivity contribution in [1.29, 1.82) is 0 Å². The fraction of sp³-hybridized carbons (Fsp3) is 0.333. The number of phenols is 1. The van der Waals surface area contributed by atoms with Crippen LogP contribution < -0.4 is 4.74 Å².